The molecule has 3 atom stereocenters. The maximum absolute atomic E-state index is 10.7. The van der Waals surface area contributed by atoms with Crippen LogP contribution in [0.4, 0.5) is 0 Å². The van der Waals surface area contributed by atoms with Crippen LogP contribution in [0.1, 0.15) is 44.6 Å². The monoisotopic (exact) mass is 248 g/mol. The van der Waals surface area contributed by atoms with E-state index in [0.717, 1.165) is 12.0 Å². The van der Waals surface area contributed by atoms with Crippen LogP contribution in [-0.2, 0) is 0 Å². The van der Waals surface area contributed by atoms with Crippen molar-refractivity contribution in [2.45, 2.75) is 45.1 Å². The highest BCUT2D eigenvalue weighted by molar-refractivity contribution is 5.19. The Morgan fingerprint density at radius 3 is 2.61 bits per heavy atom. The molecule has 1 aromatic rings. The van der Waals surface area contributed by atoms with Crippen LogP contribution in [0.3, 0.4) is 0 Å². The number of aliphatic hydroxyl groups is 1. The number of aromatic nitrogens is 1. The first-order valence-electron chi connectivity index (χ1n) is 6.84. The third kappa shape index (κ3) is 2.57. The van der Waals surface area contributed by atoms with Gasteiger partial charge in [0.05, 0.1) is 6.10 Å². The van der Waals surface area contributed by atoms with Gasteiger partial charge < -0.3 is 10.8 Å². The van der Waals surface area contributed by atoms with Crippen molar-refractivity contribution in [1.82, 2.24) is 4.98 Å². The second-order valence-corrected chi connectivity index (χ2v) is 6.10. The van der Waals surface area contributed by atoms with Gasteiger partial charge in [0.1, 0.15) is 0 Å². The van der Waals surface area contributed by atoms with Gasteiger partial charge in [-0.3, -0.25) is 4.98 Å². The minimum atomic E-state index is -0.352. The van der Waals surface area contributed by atoms with E-state index in [0.29, 0.717) is 12.5 Å². The molecule has 3 heteroatoms. The lowest BCUT2D eigenvalue weighted by atomic mass is 9.73. The van der Waals surface area contributed by atoms with E-state index in [1.54, 1.807) is 12.4 Å². The fourth-order valence-electron chi connectivity index (χ4n) is 3.35. The average Bonchev–Trinajstić information content (AvgIpc) is 2.71. The summed E-state index contributed by atoms with van der Waals surface area (Å²) in [4.78, 5) is 4.03. The molecule has 1 aliphatic rings. The molecule has 2 rings (SSSR count). The van der Waals surface area contributed by atoms with Crippen molar-refractivity contribution in [2.75, 3.05) is 6.54 Å². The Kier molecular flexibility index (Phi) is 4.03. The van der Waals surface area contributed by atoms with Crippen molar-refractivity contribution >= 4 is 0 Å². The summed E-state index contributed by atoms with van der Waals surface area (Å²) in [5.41, 5.74) is 7.20. The summed E-state index contributed by atoms with van der Waals surface area (Å²) in [7, 11) is 0. The minimum Gasteiger partial charge on any atom is -0.392 e. The quantitative estimate of drug-likeness (QED) is 0.859. The van der Waals surface area contributed by atoms with E-state index in [1.807, 2.05) is 12.1 Å². The summed E-state index contributed by atoms with van der Waals surface area (Å²) in [6.07, 6.45) is 6.70. The molecule has 0 aromatic carbocycles. The smallest absolute Gasteiger partial charge is 0.0654 e. The number of rotatable bonds is 4. The first kappa shape index (κ1) is 13.5. The zero-order valence-electron chi connectivity index (χ0n) is 11.3. The second kappa shape index (κ2) is 5.37. The molecule has 0 spiro atoms. The minimum absolute atomic E-state index is 0.0235. The first-order chi connectivity index (χ1) is 8.56. The second-order valence-electron chi connectivity index (χ2n) is 6.10. The summed E-state index contributed by atoms with van der Waals surface area (Å²) < 4.78 is 0. The molecule has 0 radical (unpaired) electrons. The van der Waals surface area contributed by atoms with E-state index >= 15 is 0 Å². The molecule has 0 amide bonds. The molecular weight excluding hydrogens is 224 g/mol. The van der Waals surface area contributed by atoms with Gasteiger partial charge in [-0.15, -0.1) is 0 Å². The van der Waals surface area contributed by atoms with Crippen LogP contribution in [0, 0.1) is 11.3 Å². The number of hydrogen-bond acceptors (Lipinski definition) is 3. The van der Waals surface area contributed by atoms with Gasteiger partial charge in [0.25, 0.3) is 0 Å². The lowest BCUT2D eigenvalue weighted by Gasteiger charge is -2.35. The Labute approximate surface area is 109 Å². The Hall–Kier alpha value is -0.930. The Morgan fingerprint density at radius 2 is 2.11 bits per heavy atom. The van der Waals surface area contributed by atoms with Crippen LogP contribution in [0.5, 0.6) is 0 Å². The van der Waals surface area contributed by atoms with Crippen molar-refractivity contribution < 1.29 is 5.11 Å². The summed E-state index contributed by atoms with van der Waals surface area (Å²) in [6, 6.07) is 3.92. The zero-order valence-corrected chi connectivity index (χ0v) is 11.3. The highest BCUT2D eigenvalue weighted by Crippen LogP contribution is 2.46. The molecule has 100 valence electrons. The van der Waals surface area contributed by atoms with Crippen molar-refractivity contribution in [2.24, 2.45) is 17.1 Å². The van der Waals surface area contributed by atoms with Crippen molar-refractivity contribution in [3.63, 3.8) is 0 Å². The molecule has 1 heterocycles. The van der Waals surface area contributed by atoms with E-state index in [-0.39, 0.29) is 17.4 Å². The van der Waals surface area contributed by atoms with Crippen LogP contribution in [0.25, 0.3) is 0 Å². The Morgan fingerprint density at radius 1 is 1.44 bits per heavy atom. The van der Waals surface area contributed by atoms with Crippen molar-refractivity contribution in [3.05, 3.63) is 30.1 Å². The number of aliphatic hydroxyl groups excluding tert-OH is 1. The molecule has 3 unspecified atom stereocenters. The summed E-state index contributed by atoms with van der Waals surface area (Å²) >= 11 is 0. The molecule has 0 saturated heterocycles. The summed E-state index contributed by atoms with van der Waals surface area (Å²) in [5.74, 6) is 0.370. The number of nitrogens with zero attached hydrogens (tertiary/aromatic N) is 1. The maximum atomic E-state index is 10.7. The van der Waals surface area contributed by atoms with Crippen LogP contribution >= 0.6 is 0 Å². The SMILES string of the molecule is CC1(C)CCCC1C(O)C(CN)c1ccncc1. The largest absolute Gasteiger partial charge is 0.392 e. The van der Waals surface area contributed by atoms with Crippen LogP contribution < -0.4 is 5.73 Å². The molecule has 1 aliphatic carbocycles. The topological polar surface area (TPSA) is 59.1 Å². The third-order valence-electron chi connectivity index (χ3n) is 4.55. The molecule has 1 fully saturated rings. The highest BCUT2D eigenvalue weighted by atomic mass is 16.3. The standard InChI is InChI=1S/C15H24N2O/c1-15(2)7-3-4-13(15)14(18)12(10-16)11-5-8-17-9-6-11/h5-6,8-9,12-14,18H,3-4,7,10,16H2,1-2H3. The number of nitrogens with two attached hydrogens (primary N) is 1. The zero-order chi connectivity index (χ0) is 13.2. The fourth-order valence-corrected chi connectivity index (χ4v) is 3.35. The molecule has 3 nitrogen and oxygen atoms in total. The van der Waals surface area contributed by atoms with Gasteiger partial charge in [-0.25, -0.2) is 0 Å². The first-order valence-corrected chi connectivity index (χ1v) is 6.84. The third-order valence-corrected chi connectivity index (χ3v) is 4.55. The molecule has 0 bridgehead atoms. The van der Waals surface area contributed by atoms with E-state index in [4.69, 9.17) is 5.73 Å². The number of pyridine rings is 1. The maximum Gasteiger partial charge on any atom is 0.0654 e. The average molecular weight is 248 g/mol. The van der Waals surface area contributed by atoms with Crippen LogP contribution in [0.2, 0.25) is 0 Å². The lowest BCUT2D eigenvalue weighted by Crippen LogP contribution is -2.37. The van der Waals surface area contributed by atoms with Gasteiger partial charge in [-0.2, -0.15) is 0 Å². The van der Waals surface area contributed by atoms with Crippen LogP contribution in [-0.4, -0.2) is 22.7 Å². The predicted molar refractivity (Wildman–Crippen MR) is 73.2 cm³/mol. The van der Waals surface area contributed by atoms with Gasteiger partial charge in [0, 0.05) is 24.9 Å². The van der Waals surface area contributed by atoms with Gasteiger partial charge >= 0.3 is 0 Å². The van der Waals surface area contributed by atoms with Crippen molar-refractivity contribution in [1.29, 1.82) is 0 Å². The molecule has 18 heavy (non-hydrogen) atoms. The van der Waals surface area contributed by atoms with Gasteiger partial charge in [0.2, 0.25) is 0 Å². The lowest BCUT2D eigenvalue weighted by molar-refractivity contribution is 0.0346. The normalized spacial score (nSPS) is 25.9. The summed E-state index contributed by atoms with van der Waals surface area (Å²) in [6.45, 7) is 5.00. The fraction of sp³-hybridized carbons (Fsp3) is 0.667. The Balaban J connectivity index is 2.18. The van der Waals surface area contributed by atoms with Gasteiger partial charge in [-0.1, -0.05) is 20.3 Å². The summed E-state index contributed by atoms with van der Waals surface area (Å²) in [5, 5.41) is 10.7. The van der Waals surface area contributed by atoms with E-state index in [9.17, 15) is 5.11 Å². The van der Waals surface area contributed by atoms with E-state index in [2.05, 4.69) is 18.8 Å². The molecule has 1 aromatic heterocycles. The molecule has 3 N–H and O–H groups in total. The molecule has 1 saturated carbocycles. The van der Waals surface area contributed by atoms with Gasteiger partial charge in [-0.05, 0) is 41.9 Å². The predicted octanol–water partition coefficient (Wildman–Crippen LogP) is 2.31. The van der Waals surface area contributed by atoms with E-state index in [1.165, 1.54) is 12.8 Å². The molecule has 0 aliphatic heterocycles. The van der Waals surface area contributed by atoms with E-state index < -0.39 is 0 Å². The Bertz CT molecular complexity index is 377. The number of hydrogen-bond donors (Lipinski definition) is 2. The van der Waals surface area contributed by atoms with Crippen molar-refractivity contribution in [3.8, 4) is 0 Å². The van der Waals surface area contributed by atoms with Crippen LogP contribution in [0.15, 0.2) is 24.5 Å². The highest BCUT2D eigenvalue weighted by Gasteiger charge is 2.41. The van der Waals surface area contributed by atoms with Gasteiger partial charge in [0.15, 0.2) is 0 Å². The molecular formula is C15H24N2O.